The Kier molecular flexibility index (Phi) is 3.44. The summed E-state index contributed by atoms with van der Waals surface area (Å²) in [6, 6.07) is 4.53. The van der Waals surface area contributed by atoms with Crippen molar-refractivity contribution in [3.05, 3.63) is 23.7 Å². The molecule has 0 saturated carbocycles. The highest BCUT2D eigenvalue weighted by molar-refractivity contribution is 5.05. The van der Waals surface area contributed by atoms with E-state index in [0.29, 0.717) is 12.0 Å². The zero-order chi connectivity index (χ0) is 10.7. The summed E-state index contributed by atoms with van der Waals surface area (Å²) in [5.74, 6) is 2.64. The molecule has 2 atom stereocenters. The van der Waals surface area contributed by atoms with Gasteiger partial charge in [0.25, 0.3) is 0 Å². The molecule has 1 fully saturated rings. The molecule has 0 aromatic carbocycles. The van der Waals surface area contributed by atoms with E-state index in [1.165, 1.54) is 6.42 Å². The second kappa shape index (κ2) is 4.81. The first-order valence-corrected chi connectivity index (χ1v) is 5.62. The van der Waals surface area contributed by atoms with Gasteiger partial charge in [0, 0.05) is 12.6 Å². The van der Waals surface area contributed by atoms with Gasteiger partial charge in [-0.2, -0.15) is 0 Å². The van der Waals surface area contributed by atoms with Gasteiger partial charge in [-0.05, 0) is 38.3 Å². The third-order valence-corrected chi connectivity index (χ3v) is 3.07. The Hall–Kier alpha value is -0.800. The molecule has 3 heteroatoms. The number of furan rings is 1. The van der Waals surface area contributed by atoms with Crippen LogP contribution in [-0.4, -0.2) is 19.3 Å². The highest BCUT2D eigenvalue weighted by Gasteiger charge is 2.21. The molecule has 0 bridgehead atoms. The minimum Gasteiger partial charge on any atom is -0.465 e. The van der Waals surface area contributed by atoms with Gasteiger partial charge >= 0.3 is 0 Å². The molecule has 2 heterocycles. The van der Waals surface area contributed by atoms with Gasteiger partial charge in [-0.25, -0.2) is 0 Å². The fraction of sp³-hybridized carbons (Fsp3) is 0.667. The number of rotatable bonds is 4. The van der Waals surface area contributed by atoms with Gasteiger partial charge in [0.05, 0.1) is 13.2 Å². The molecule has 3 nitrogen and oxygen atoms in total. The topological polar surface area (TPSA) is 34.4 Å². The molecular weight excluding hydrogens is 190 g/mol. The number of aryl methyl sites for hydroxylation is 1. The highest BCUT2D eigenvalue weighted by atomic mass is 16.5. The van der Waals surface area contributed by atoms with Gasteiger partial charge < -0.3 is 14.5 Å². The first-order chi connectivity index (χ1) is 7.25. The Bertz CT molecular complexity index is 302. The summed E-state index contributed by atoms with van der Waals surface area (Å²) in [6.07, 6.45) is 1.17. The molecule has 0 aliphatic carbocycles. The lowest BCUT2D eigenvalue weighted by Crippen LogP contribution is -2.33. The Morgan fingerprint density at radius 2 is 2.40 bits per heavy atom. The van der Waals surface area contributed by atoms with E-state index in [1.54, 1.807) is 0 Å². The molecule has 84 valence electrons. The van der Waals surface area contributed by atoms with Crippen molar-refractivity contribution in [3.63, 3.8) is 0 Å². The van der Waals surface area contributed by atoms with Crippen molar-refractivity contribution in [2.24, 2.45) is 5.92 Å². The fourth-order valence-electron chi connectivity index (χ4n) is 1.96. The third-order valence-electron chi connectivity index (χ3n) is 3.07. The largest absolute Gasteiger partial charge is 0.465 e. The van der Waals surface area contributed by atoms with Gasteiger partial charge in [0.1, 0.15) is 11.5 Å². The predicted molar refractivity (Wildman–Crippen MR) is 58.7 cm³/mol. The Balaban J connectivity index is 1.77. The van der Waals surface area contributed by atoms with Crippen molar-refractivity contribution >= 4 is 0 Å². The number of hydrogen-bond acceptors (Lipinski definition) is 3. The van der Waals surface area contributed by atoms with Crippen LogP contribution in [-0.2, 0) is 11.3 Å². The van der Waals surface area contributed by atoms with Gasteiger partial charge in [0.15, 0.2) is 0 Å². The number of ether oxygens (including phenoxy) is 1. The van der Waals surface area contributed by atoms with E-state index < -0.39 is 0 Å². The van der Waals surface area contributed by atoms with E-state index in [1.807, 2.05) is 19.1 Å². The van der Waals surface area contributed by atoms with Crippen LogP contribution in [0.1, 0.15) is 24.9 Å². The van der Waals surface area contributed by atoms with Crippen LogP contribution >= 0.6 is 0 Å². The van der Waals surface area contributed by atoms with Crippen LogP contribution < -0.4 is 5.32 Å². The molecule has 1 aromatic rings. The summed E-state index contributed by atoms with van der Waals surface area (Å²) in [7, 11) is 0. The summed E-state index contributed by atoms with van der Waals surface area (Å²) in [6.45, 7) is 6.81. The van der Waals surface area contributed by atoms with E-state index in [0.717, 1.165) is 31.3 Å². The molecule has 15 heavy (non-hydrogen) atoms. The van der Waals surface area contributed by atoms with Crippen molar-refractivity contribution in [2.45, 2.75) is 32.9 Å². The summed E-state index contributed by atoms with van der Waals surface area (Å²) in [5, 5.41) is 3.48. The van der Waals surface area contributed by atoms with Crippen molar-refractivity contribution in [2.75, 3.05) is 13.2 Å². The zero-order valence-corrected chi connectivity index (χ0v) is 9.45. The van der Waals surface area contributed by atoms with Crippen LogP contribution in [0.15, 0.2) is 16.5 Å². The molecule has 0 spiro atoms. The van der Waals surface area contributed by atoms with E-state index in [9.17, 15) is 0 Å². The molecule has 0 amide bonds. The van der Waals surface area contributed by atoms with E-state index in [2.05, 4.69) is 12.2 Å². The lowest BCUT2D eigenvalue weighted by atomic mass is 10.0. The van der Waals surface area contributed by atoms with Gasteiger partial charge in [-0.3, -0.25) is 0 Å². The average molecular weight is 209 g/mol. The molecular formula is C12H19NO2. The third kappa shape index (κ3) is 2.83. The quantitative estimate of drug-likeness (QED) is 0.824. The Morgan fingerprint density at radius 3 is 3.00 bits per heavy atom. The van der Waals surface area contributed by atoms with Gasteiger partial charge in [0.2, 0.25) is 0 Å². The maximum Gasteiger partial charge on any atom is 0.117 e. The molecule has 1 aromatic heterocycles. The lowest BCUT2D eigenvalue weighted by Gasteiger charge is -2.18. The number of nitrogens with one attached hydrogen (secondary N) is 1. The lowest BCUT2D eigenvalue weighted by molar-refractivity contribution is 0.178. The van der Waals surface area contributed by atoms with Crippen molar-refractivity contribution in [1.29, 1.82) is 0 Å². The van der Waals surface area contributed by atoms with E-state index >= 15 is 0 Å². The Morgan fingerprint density at radius 1 is 1.53 bits per heavy atom. The van der Waals surface area contributed by atoms with Gasteiger partial charge in [-0.15, -0.1) is 0 Å². The molecule has 1 N–H and O–H groups in total. The SMILES string of the molecule is Cc1ccc(CNC(C)C2CCOC2)o1. The van der Waals surface area contributed by atoms with Crippen LogP contribution in [0.3, 0.4) is 0 Å². The average Bonchev–Trinajstić information content (AvgIpc) is 2.84. The highest BCUT2D eigenvalue weighted by Crippen LogP contribution is 2.17. The summed E-state index contributed by atoms with van der Waals surface area (Å²) in [5.41, 5.74) is 0. The predicted octanol–water partition coefficient (Wildman–Crippen LogP) is 2.10. The maximum absolute atomic E-state index is 5.50. The number of hydrogen-bond donors (Lipinski definition) is 1. The molecule has 1 saturated heterocycles. The summed E-state index contributed by atoms with van der Waals surface area (Å²) < 4.78 is 10.9. The second-order valence-corrected chi connectivity index (χ2v) is 4.31. The first kappa shape index (κ1) is 10.7. The van der Waals surface area contributed by atoms with E-state index in [4.69, 9.17) is 9.15 Å². The van der Waals surface area contributed by atoms with Crippen LogP contribution in [0.5, 0.6) is 0 Å². The normalized spacial score (nSPS) is 23.2. The van der Waals surface area contributed by atoms with E-state index in [-0.39, 0.29) is 0 Å². The molecule has 2 rings (SSSR count). The molecule has 0 radical (unpaired) electrons. The van der Waals surface area contributed by atoms with Crippen molar-refractivity contribution in [1.82, 2.24) is 5.32 Å². The van der Waals surface area contributed by atoms with Crippen LogP contribution in [0.2, 0.25) is 0 Å². The van der Waals surface area contributed by atoms with Crippen molar-refractivity contribution < 1.29 is 9.15 Å². The fourth-order valence-corrected chi connectivity index (χ4v) is 1.96. The smallest absolute Gasteiger partial charge is 0.117 e. The van der Waals surface area contributed by atoms with Gasteiger partial charge in [-0.1, -0.05) is 0 Å². The minimum absolute atomic E-state index is 0.498. The first-order valence-electron chi connectivity index (χ1n) is 5.62. The molecule has 1 aliphatic heterocycles. The summed E-state index contributed by atoms with van der Waals surface area (Å²) in [4.78, 5) is 0. The monoisotopic (exact) mass is 209 g/mol. The second-order valence-electron chi connectivity index (χ2n) is 4.31. The van der Waals surface area contributed by atoms with Crippen molar-refractivity contribution in [3.8, 4) is 0 Å². The Labute approximate surface area is 90.8 Å². The molecule has 1 aliphatic rings. The maximum atomic E-state index is 5.50. The minimum atomic E-state index is 0.498. The summed E-state index contributed by atoms with van der Waals surface area (Å²) >= 11 is 0. The molecule has 2 unspecified atom stereocenters. The van der Waals surface area contributed by atoms with Crippen LogP contribution in [0.25, 0.3) is 0 Å². The standard InChI is InChI=1S/C12H19NO2/c1-9-3-4-12(15-9)7-13-10(2)11-5-6-14-8-11/h3-4,10-11,13H,5-8H2,1-2H3. The van der Waals surface area contributed by atoms with Crippen LogP contribution in [0, 0.1) is 12.8 Å². The zero-order valence-electron chi connectivity index (χ0n) is 9.45. The van der Waals surface area contributed by atoms with Crippen LogP contribution in [0.4, 0.5) is 0 Å².